The van der Waals surface area contributed by atoms with E-state index in [0.29, 0.717) is 16.8 Å². The molecule has 2 aromatic rings. The fourth-order valence-corrected chi connectivity index (χ4v) is 1.71. The summed E-state index contributed by atoms with van der Waals surface area (Å²) in [4.78, 5) is 23.8. The molecule has 2 aromatic carbocycles. The minimum atomic E-state index is -0.678. The van der Waals surface area contributed by atoms with Gasteiger partial charge in [0.05, 0.1) is 0 Å². The van der Waals surface area contributed by atoms with Crippen molar-refractivity contribution in [2.45, 2.75) is 6.92 Å². The first-order valence-electron chi connectivity index (χ1n) is 6.09. The minimum absolute atomic E-state index is 0.362. The number of hydrogen-bond acceptors (Lipinski definition) is 2. The Labute approximate surface area is 117 Å². The lowest BCUT2D eigenvalue weighted by atomic mass is 10.1. The first-order chi connectivity index (χ1) is 9.60. The van der Waals surface area contributed by atoms with Crippen LogP contribution in [0.25, 0.3) is 0 Å². The smallest absolute Gasteiger partial charge is 0.296 e. The van der Waals surface area contributed by atoms with Crippen molar-refractivity contribution in [2.75, 3.05) is 5.32 Å². The minimum Gasteiger partial charge on any atom is -0.319 e. The zero-order valence-corrected chi connectivity index (χ0v) is 11.0. The lowest BCUT2D eigenvalue weighted by molar-refractivity contribution is -0.112. The van der Waals surface area contributed by atoms with Gasteiger partial charge in [0.25, 0.3) is 11.7 Å². The Morgan fingerprint density at radius 2 is 1.80 bits per heavy atom. The maximum atomic E-state index is 12.0. The Kier molecular flexibility index (Phi) is 3.97. The van der Waals surface area contributed by atoms with Crippen molar-refractivity contribution in [1.82, 2.24) is 0 Å². The van der Waals surface area contributed by atoms with Crippen LogP contribution < -0.4 is 5.32 Å². The number of rotatable bonds is 3. The molecule has 0 aromatic heterocycles. The van der Waals surface area contributed by atoms with Crippen molar-refractivity contribution in [3.05, 3.63) is 65.2 Å². The molecule has 3 heteroatoms. The van der Waals surface area contributed by atoms with Crippen LogP contribution in [0.5, 0.6) is 0 Å². The van der Waals surface area contributed by atoms with E-state index in [1.807, 2.05) is 6.92 Å². The van der Waals surface area contributed by atoms with E-state index >= 15 is 0 Å². The van der Waals surface area contributed by atoms with Crippen molar-refractivity contribution in [3.8, 4) is 12.3 Å². The quantitative estimate of drug-likeness (QED) is 0.526. The summed E-state index contributed by atoms with van der Waals surface area (Å²) in [5, 5.41) is 2.55. The number of carbonyl (C=O) groups excluding carboxylic acids is 2. The van der Waals surface area contributed by atoms with Gasteiger partial charge in [-0.25, -0.2) is 0 Å². The molecule has 0 radical (unpaired) electrons. The molecule has 98 valence electrons. The summed E-state index contributed by atoms with van der Waals surface area (Å²) in [6.45, 7) is 1.92. The second-order valence-corrected chi connectivity index (χ2v) is 4.37. The van der Waals surface area contributed by atoms with E-state index < -0.39 is 11.7 Å². The van der Waals surface area contributed by atoms with Gasteiger partial charge >= 0.3 is 0 Å². The Morgan fingerprint density at radius 3 is 2.45 bits per heavy atom. The molecule has 0 bridgehead atoms. The molecular weight excluding hydrogens is 250 g/mol. The third-order valence-corrected chi connectivity index (χ3v) is 2.81. The zero-order chi connectivity index (χ0) is 14.5. The standard InChI is InChI=1S/C17H13NO2/c1-3-13-5-4-6-15(11-13)18-17(20)16(19)14-9-7-12(2)8-10-14/h1,4-11H,2H3,(H,18,20). The van der Waals surface area contributed by atoms with E-state index in [1.54, 1.807) is 48.5 Å². The van der Waals surface area contributed by atoms with Crippen LogP contribution in [0.4, 0.5) is 5.69 Å². The number of benzene rings is 2. The molecule has 1 N–H and O–H groups in total. The first-order valence-corrected chi connectivity index (χ1v) is 6.09. The summed E-state index contributed by atoms with van der Waals surface area (Å²) in [7, 11) is 0. The Morgan fingerprint density at radius 1 is 1.10 bits per heavy atom. The van der Waals surface area contributed by atoms with Gasteiger partial charge in [-0.3, -0.25) is 9.59 Å². The summed E-state index contributed by atoms with van der Waals surface area (Å²) < 4.78 is 0. The van der Waals surface area contributed by atoms with E-state index in [1.165, 1.54) is 0 Å². The summed E-state index contributed by atoms with van der Waals surface area (Å²) in [5.74, 6) is 1.22. The number of carbonyl (C=O) groups is 2. The molecule has 1 amide bonds. The average molecular weight is 263 g/mol. The van der Waals surface area contributed by atoms with Crippen LogP contribution in [0.2, 0.25) is 0 Å². The molecule has 0 saturated carbocycles. The number of amides is 1. The molecule has 0 atom stereocenters. The normalized spacial score (nSPS) is 9.60. The number of ketones is 1. The summed E-state index contributed by atoms with van der Waals surface area (Å²) >= 11 is 0. The van der Waals surface area contributed by atoms with Crippen LogP contribution in [-0.2, 0) is 4.79 Å². The molecule has 0 aliphatic heterocycles. The number of nitrogens with one attached hydrogen (secondary N) is 1. The molecule has 0 heterocycles. The fraction of sp³-hybridized carbons (Fsp3) is 0.0588. The molecule has 3 nitrogen and oxygen atoms in total. The SMILES string of the molecule is C#Cc1cccc(NC(=O)C(=O)c2ccc(C)cc2)c1. The molecule has 0 aliphatic carbocycles. The highest BCUT2D eigenvalue weighted by Crippen LogP contribution is 2.11. The molecule has 20 heavy (non-hydrogen) atoms. The third-order valence-electron chi connectivity index (χ3n) is 2.81. The van der Waals surface area contributed by atoms with Gasteiger partial charge in [-0.2, -0.15) is 0 Å². The number of Topliss-reactive ketones (excluding diaryl/α,β-unsaturated/α-hetero) is 1. The molecule has 0 spiro atoms. The highest BCUT2D eigenvalue weighted by molar-refractivity contribution is 6.46. The second kappa shape index (κ2) is 5.85. The van der Waals surface area contributed by atoms with Crippen molar-refractivity contribution in [1.29, 1.82) is 0 Å². The average Bonchev–Trinajstić information content (AvgIpc) is 2.47. The van der Waals surface area contributed by atoms with Crippen LogP contribution in [0, 0.1) is 19.3 Å². The predicted octanol–water partition coefficient (Wildman–Crippen LogP) is 2.80. The van der Waals surface area contributed by atoms with Crippen molar-refractivity contribution >= 4 is 17.4 Å². The van der Waals surface area contributed by atoms with E-state index in [-0.39, 0.29) is 0 Å². The van der Waals surface area contributed by atoms with E-state index in [9.17, 15) is 9.59 Å². The van der Waals surface area contributed by atoms with Gasteiger partial charge in [0, 0.05) is 16.8 Å². The van der Waals surface area contributed by atoms with E-state index in [2.05, 4.69) is 11.2 Å². The second-order valence-electron chi connectivity index (χ2n) is 4.37. The topological polar surface area (TPSA) is 46.2 Å². The zero-order valence-electron chi connectivity index (χ0n) is 11.0. The highest BCUT2D eigenvalue weighted by atomic mass is 16.2. The van der Waals surface area contributed by atoms with Gasteiger partial charge in [0.1, 0.15) is 0 Å². The Bertz CT molecular complexity index is 694. The van der Waals surface area contributed by atoms with Crippen LogP contribution in [-0.4, -0.2) is 11.7 Å². The van der Waals surface area contributed by atoms with Gasteiger partial charge in [0.15, 0.2) is 0 Å². The van der Waals surface area contributed by atoms with E-state index in [4.69, 9.17) is 6.42 Å². The Hall–Kier alpha value is -2.86. The lowest BCUT2D eigenvalue weighted by Gasteiger charge is -2.05. The van der Waals surface area contributed by atoms with Gasteiger partial charge in [-0.15, -0.1) is 6.42 Å². The van der Waals surface area contributed by atoms with Gasteiger partial charge in [-0.1, -0.05) is 41.8 Å². The first kappa shape index (κ1) is 13.6. The third kappa shape index (κ3) is 3.12. The number of anilines is 1. The fourth-order valence-electron chi connectivity index (χ4n) is 1.71. The molecule has 0 unspecified atom stereocenters. The van der Waals surface area contributed by atoms with E-state index in [0.717, 1.165) is 5.56 Å². The molecule has 0 aliphatic rings. The highest BCUT2D eigenvalue weighted by Gasteiger charge is 2.16. The number of hydrogen-bond donors (Lipinski definition) is 1. The maximum absolute atomic E-state index is 12.0. The Balaban J connectivity index is 2.13. The molecule has 2 rings (SSSR count). The summed E-state index contributed by atoms with van der Waals surface area (Å²) in [6.07, 6.45) is 5.28. The number of aryl methyl sites for hydroxylation is 1. The summed E-state index contributed by atoms with van der Waals surface area (Å²) in [6, 6.07) is 13.6. The lowest BCUT2D eigenvalue weighted by Crippen LogP contribution is -2.22. The van der Waals surface area contributed by atoms with Crippen LogP contribution >= 0.6 is 0 Å². The van der Waals surface area contributed by atoms with Gasteiger partial charge < -0.3 is 5.32 Å². The van der Waals surface area contributed by atoms with Crippen LogP contribution in [0.1, 0.15) is 21.5 Å². The van der Waals surface area contributed by atoms with Crippen molar-refractivity contribution in [3.63, 3.8) is 0 Å². The van der Waals surface area contributed by atoms with Crippen LogP contribution in [0.15, 0.2) is 48.5 Å². The van der Waals surface area contributed by atoms with Crippen molar-refractivity contribution < 1.29 is 9.59 Å². The van der Waals surface area contributed by atoms with Crippen LogP contribution in [0.3, 0.4) is 0 Å². The monoisotopic (exact) mass is 263 g/mol. The summed E-state index contributed by atoms with van der Waals surface area (Å²) in [5.41, 5.74) is 2.54. The van der Waals surface area contributed by atoms with Crippen molar-refractivity contribution in [2.24, 2.45) is 0 Å². The van der Waals surface area contributed by atoms with Gasteiger partial charge in [0.2, 0.25) is 0 Å². The number of terminal acetylenes is 1. The maximum Gasteiger partial charge on any atom is 0.296 e. The molecule has 0 saturated heterocycles. The molecular formula is C17H13NO2. The largest absolute Gasteiger partial charge is 0.319 e. The van der Waals surface area contributed by atoms with Gasteiger partial charge in [-0.05, 0) is 25.1 Å². The predicted molar refractivity (Wildman–Crippen MR) is 78.5 cm³/mol. The molecule has 0 fully saturated rings.